The normalized spacial score (nSPS) is 21.5. The van der Waals surface area contributed by atoms with Crippen molar-refractivity contribution in [2.45, 2.75) is 31.1 Å². The van der Waals surface area contributed by atoms with Crippen molar-refractivity contribution in [1.82, 2.24) is 19.8 Å². The molecule has 1 aromatic carbocycles. The van der Waals surface area contributed by atoms with Gasteiger partial charge in [-0.25, -0.2) is 4.98 Å². The van der Waals surface area contributed by atoms with Gasteiger partial charge in [-0.15, -0.1) is 0 Å². The molecule has 1 saturated heterocycles. The van der Waals surface area contributed by atoms with Crippen LogP contribution < -0.4 is 11.1 Å². The van der Waals surface area contributed by atoms with Crippen molar-refractivity contribution in [3.05, 3.63) is 57.3 Å². The number of fused-ring (bicyclic) bond motifs is 3. The molecule has 2 unspecified atom stereocenters. The van der Waals surface area contributed by atoms with Crippen LogP contribution in [-0.2, 0) is 12.6 Å². The minimum absolute atomic E-state index is 0.112. The first-order chi connectivity index (χ1) is 16.7. The van der Waals surface area contributed by atoms with E-state index in [2.05, 4.69) is 25.1 Å². The molecule has 4 N–H and O–H groups in total. The van der Waals surface area contributed by atoms with E-state index < -0.39 is 16.9 Å². The van der Waals surface area contributed by atoms with Crippen molar-refractivity contribution in [3.8, 4) is 0 Å². The Bertz CT molecular complexity index is 1210. The van der Waals surface area contributed by atoms with Crippen LogP contribution in [0.4, 0.5) is 19.0 Å². The second kappa shape index (κ2) is 9.78. The van der Waals surface area contributed by atoms with Crippen LogP contribution in [0.25, 0.3) is 10.9 Å². The zero-order valence-electron chi connectivity index (χ0n) is 19.0. The molecule has 2 aliphatic heterocycles. The molecule has 188 valence electrons. The van der Waals surface area contributed by atoms with E-state index in [4.69, 9.17) is 28.9 Å². The fourth-order valence-electron chi connectivity index (χ4n) is 5.20. The van der Waals surface area contributed by atoms with E-state index >= 15 is 0 Å². The molecule has 0 bridgehead atoms. The first-order valence-corrected chi connectivity index (χ1v) is 12.4. The maximum atomic E-state index is 13.2. The number of anilines is 1. The first kappa shape index (κ1) is 24.6. The summed E-state index contributed by atoms with van der Waals surface area (Å²) in [5.74, 6) is 0.154. The lowest BCUT2D eigenvalue weighted by molar-refractivity contribution is -0.141. The lowest BCUT2D eigenvalue weighted by Crippen LogP contribution is -2.44. The van der Waals surface area contributed by atoms with Crippen LogP contribution in [-0.4, -0.2) is 65.1 Å². The molecule has 0 amide bonds. The minimum atomic E-state index is -4.60. The summed E-state index contributed by atoms with van der Waals surface area (Å²) in [4.78, 5) is 12.1. The maximum Gasteiger partial charge on any atom is 0.434 e. The van der Waals surface area contributed by atoms with E-state index in [9.17, 15) is 13.2 Å². The molecule has 2 aromatic heterocycles. The highest BCUT2D eigenvalue weighted by Gasteiger charge is 2.36. The van der Waals surface area contributed by atoms with Gasteiger partial charge in [0.25, 0.3) is 0 Å². The Hall–Kier alpha value is -2.04. The lowest BCUT2D eigenvalue weighted by atomic mass is 9.96. The summed E-state index contributed by atoms with van der Waals surface area (Å²) < 4.78 is 39.5. The fraction of sp³-hybridized carbons (Fsp3) is 0.458. The standard InChI is InChI=1S/C24H27Cl2F3N6/c25-14-1-3-19-17(11-14)16-6-9-35(20(22(16)32-19)13-34-8-5-15(30)12-34)10-7-31-21-4-2-18(26)23(33-21)24(27,28)29/h1-4,11,15,20,32H,5-10,12-13,30H2,(H,31,33). The van der Waals surface area contributed by atoms with E-state index in [-0.39, 0.29) is 17.9 Å². The first-order valence-electron chi connectivity index (χ1n) is 11.7. The Balaban J connectivity index is 1.34. The molecule has 1 fully saturated rings. The van der Waals surface area contributed by atoms with Crippen molar-refractivity contribution < 1.29 is 13.2 Å². The summed E-state index contributed by atoms with van der Waals surface area (Å²) >= 11 is 12.0. The quantitative estimate of drug-likeness (QED) is 0.424. The van der Waals surface area contributed by atoms with E-state index in [0.717, 1.165) is 49.9 Å². The van der Waals surface area contributed by atoms with Crippen molar-refractivity contribution in [2.24, 2.45) is 5.73 Å². The van der Waals surface area contributed by atoms with Crippen LogP contribution in [0.1, 0.15) is 29.4 Å². The Kier molecular flexibility index (Phi) is 6.89. The number of nitrogens with two attached hydrogens (primary N) is 1. The van der Waals surface area contributed by atoms with Gasteiger partial charge in [0.1, 0.15) is 5.82 Å². The third kappa shape index (κ3) is 5.24. The highest BCUT2D eigenvalue weighted by Crippen LogP contribution is 2.37. The van der Waals surface area contributed by atoms with Crippen molar-refractivity contribution >= 4 is 39.9 Å². The monoisotopic (exact) mass is 526 g/mol. The van der Waals surface area contributed by atoms with Crippen molar-refractivity contribution in [2.75, 3.05) is 44.6 Å². The Morgan fingerprint density at radius 2 is 2.00 bits per heavy atom. The van der Waals surface area contributed by atoms with E-state index in [1.165, 1.54) is 23.4 Å². The van der Waals surface area contributed by atoms with E-state index in [1.54, 1.807) is 0 Å². The Labute approximate surface area is 211 Å². The summed E-state index contributed by atoms with van der Waals surface area (Å²) in [6.07, 6.45) is -2.76. The lowest BCUT2D eigenvalue weighted by Gasteiger charge is -2.38. The van der Waals surface area contributed by atoms with Crippen molar-refractivity contribution in [1.29, 1.82) is 0 Å². The predicted molar refractivity (Wildman–Crippen MR) is 133 cm³/mol. The summed E-state index contributed by atoms with van der Waals surface area (Å²) in [6.45, 7) is 4.58. The third-order valence-corrected chi connectivity index (χ3v) is 7.42. The SMILES string of the molecule is NC1CCN(CC2c3[nH]c4ccc(Cl)cc4c3CCN2CCNc2ccc(Cl)c(C(F)(F)F)n2)C1. The number of halogens is 5. The van der Waals surface area contributed by atoms with E-state index in [0.29, 0.717) is 18.1 Å². The van der Waals surface area contributed by atoms with Gasteiger partial charge in [0.05, 0.1) is 11.1 Å². The van der Waals surface area contributed by atoms with Gasteiger partial charge in [0, 0.05) is 60.4 Å². The molecule has 35 heavy (non-hydrogen) atoms. The number of likely N-dealkylation sites (tertiary alicyclic amines) is 1. The van der Waals surface area contributed by atoms with Gasteiger partial charge in [-0.05, 0) is 55.3 Å². The zero-order valence-corrected chi connectivity index (χ0v) is 20.5. The second-order valence-corrected chi connectivity index (χ2v) is 10.1. The van der Waals surface area contributed by atoms with Gasteiger partial charge < -0.3 is 16.0 Å². The molecule has 5 rings (SSSR count). The third-order valence-electron chi connectivity index (χ3n) is 6.88. The predicted octanol–water partition coefficient (Wildman–Crippen LogP) is 4.93. The maximum absolute atomic E-state index is 13.2. The smallest absolute Gasteiger partial charge is 0.369 e. The number of nitrogens with zero attached hydrogens (tertiary/aromatic N) is 3. The van der Waals surface area contributed by atoms with Gasteiger partial charge in [0.2, 0.25) is 0 Å². The van der Waals surface area contributed by atoms with Gasteiger partial charge in [0.15, 0.2) is 5.69 Å². The average Bonchev–Trinajstić information content (AvgIpc) is 3.38. The fourth-order valence-corrected chi connectivity index (χ4v) is 5.59. The molecule has 2 aliphatic rings. The topological polar surface area (TPSA) is 73.2 Å². The van der Waals surface area contributed by atoms with Gasteiger partial charge in [-0.2, -0.15) is 13.2 Å². The van der Waals surface area contributed by atoms with Crippen LogP contribution in [0.3, 0.4) is 0 Å². The largest absolute Gasteiger partial charge is 0.434 e. The number of pyridine rings is 1. The Morgan fingerprint density at radius 3 is 2.74 bits per heavy atom. The Morgan fingerprint density at radius 1 is 1.17 bits per heavy atom. The summed E-state index contributed by atoms with van der Waals surface area (Å²) in [5.41, 5.74) is 8.60. The molecule has 11 heteroatoms. The zero-order chi connectivity index (χ0) is 24.7. The number of H-pyrrole nitrogens is 1. The van der Waals surface area contributed by atoms with E-state index in [1.807, 2.05) is 18.2 Å². The molecule has 0 aliphatic carbocycles. The number of hydrogen-bond donors (Lipinski definition) is 3. The summed E-state index contributed by atoms with van der Waals surface area (Å²) in [5, 5.41) is 4.49. The number of aromatic nitrogens is 2. The van der Waals surface area contributed by atoms with Crippen LogP contribution >= 0.6 is 23.2 Å². The number of benzene rings is 1. The number of alkyl halides is 3. The molecule has 4 heterocycles. The summed E-state index contributed by atoms with van der Waals surface area (Å²) in [6, 6.07) is 8.90. The van der Waals surface area contributed by atoms with Crippen LogP contribution in [0.2, 0.25) is 10.0 Å². The van der Waals surface area contributed by atoms with Crippen LogP contribution in [0.5, 0.6) is 0 Å². The minimum Gasteiger partial charge on any atom is -0.369 e. The summed E-state index contributed by atoms with van der Waals surface area (Å²) in [7, 11) is 0. The molecule has 0 spiro atoms. The molecule has 3 aromatic rings. The molecule has 6 nitrogen and oxygen atoms in total. The molecule has 0 radical (unpaired) electrons. The van der Waals surface area contributed by atoms with Crippen molar-refractivity contribution in [3.63, 3.8) is 0 Å². The second-order valence-electron chi connectivity index (χ2n) is 9.27. The molecular weight excluding hydrogens is 500 g/mol. The number of rotatable bonds is 6. The van der Waals surface area contributed by atoms with Gasteiger partial charge in [-0.3, -0.25) is 9.80 Å². The molecule has 2 atom stereocenters. The number of aromatic amines is 1. The molecular formula is C24H27Cl2F3N6. The highest BCUT2D eigenvalue weighted by molar-refractivity contribution is 6.31. The number of hydrogen-bond acceptors (Lipinski definition) is 5. The van der Waals surface area contributed by atoms with Crippen LogP contribution in [0.15, 0.2) is 30.3 Å². The van der Waals surface area contributed by atoms with Gasteiger partial charge >= 0.3 is 6.18 Å². The molecule has 0 saturated carbocycles. The van der Waals surface area contributed by atoms with Crippen LogP contribution in [0, 0.1) is 0 Å². The van der Waals surface area contributed by atoms with Gasteiger partial charge in [-0.1, -0.05) is 23.2 Å². The number of nitrogens with one attached hydrogen (secondary N) is 2. The average molecular weight is 527 g/mol. The highest BCUT2D eigenvalue weighted by atomic mass is 35.5.